The lowest BCUT2D eigenvalue weighted by atomic mass is 10.0. The van der Waals surface area contributed by atoms with Crippen LogP contribution in [0.5, 0.6) is 0 Å². The highest BCUT2D eigenvalue weighted by Crippen LogP contribution is 2.19. The molecule has 0 unspecified atom stereocenters. The minimum absolute atomic E-state index is 0. The van der Waals surface area contributed by atoms with E-state index in [0.717, 1.165) is 27.5 Å². The van der Waals surface area contributed by atoms with Gasteiger partial charge in [-0.05, 0) is 28.3 Å². The van der Waals surface area contributed by atoms with Crippen LogP contribution < -0.4 is 4.57 Å². The van der Waals surface area contributed by atoms with Crippen molar-refractivity contribution in [2.24, 2.45) is 0 Å². The maximum Gasteiger partial charge on any atom is 0.269 e. The lowest BCUT2D eigenvalue weighted by molar-refractivity contribution is -0.683. The summed E-state index contributed by atoms with van der Waals surface area (Å²) in [6, 6.07) is 24.2. The first-order chi connectivity index (χ1) is 14.1. The molecule has 30 heavy (non-hydrogen) atoms. The second-order valence-corrected chi connectivity index (χ2v) is 6.93. The van der Waals surface area contributed by atoms with E-state index < -0.39 is 4.92 Å². The molecule has 0 aliphatic carbocycles. The van der Waals surface area contributed by atoms with E-state index in [9.17, 15) is 14.9 Å². The van der Waals surface area contributed by atoms with Crippen LogP contribution in [0.15, 0.2) is 91.3 Å². The molecule has 0 amide bonds. The zero-order valence-electron chi connectivity index (χ0n) is 16.1. The largest absolute Gasteiger partial charge is 0.287 e. The fraction of sp³-hybridized carbons (Fsp3) is 0.0833. The summed E-state index contributed by atoms with van der Waals surface area (Å²) in [6.07, 6.45) is 4.46. The summed E-state index contributed by atoms with van der Waals surface area (Å²) in [6.45, 7) is 0.270. The van der Waals surface area contributed by atoms with Gasteiger partial charge in [-0.2, -0.15) is 4.57 Å². The molecule has 1 aromatic heterocycles. The predicted molar refractivity (Wildman–Crippen MR) is 121 cm³/mol. The average Bonchev–Trinajstić information content (AvgIpc) is 2.75. The number of aromatic nitrogens is 1. The maximum absolute atomic E-state index is 12.8. The van der Waals surface area contributed by atoms with Crippen LogP contribution in [0.2, 0.25) is 0 Å². The Hall–Kier alpha value is -3.38. The van der Waals surface area contributed by atoms with Crippen molar-refractivity contribution in [1.82, 2.24) is 0 Å². The maximum atomic E-state index is 12.8. The van der Waals surface area contributed by atoms with Gasteiger partial charge < -0.3 is 0 Å². The predicted octanol–water partition coefficient (Wildman–Crippen LogP) is 5.09. The molecule has 0 spiro atoms. The Morgan fingerprint density at radius 1 is 0.833 bits per heavy atom. The zero-order valence-corrected chi connectivity index (χ0v) is 17.8. The number of hydrogen-bond donors (Lipinski definition) is 0. The van der Waals surface area contributed by atoms with Gasteiger partial charge in [0, 0.05) is 29.8 Å². The lowest BCUT2D eigenvalue weighted by Gasteiger charge is -2.05. The molecular formula is C24H20BrN2O3+. The summed E-state index contributed by atoms with van der Waals surface area (Å²) in [4.78, 5) is 23.2. The van der Waals surface area contributed by atoms with Gasteiger partial charge in [0.2, 0.25) is 12.3 Å². The van der Waals surface area contributed by atoms with E-state index in [0.29, 0.717) is 6.42 Å². The van der Waals surface area contributed by atoms with Crippen molar-refractivity contribution in [3.63, 3.8) is 0 Å². The molecule has 0 aliphatic heterocycles. The van der Waals surface area contributed by atoms with E-state index in [4.69, 9.17) is 0 Å². The first-order valence-corrected chi connectivity index (χ1v) is 9.32. The number of hydrogen-bond acceptors (Lipinski definition) is 3. The number of nitro groups is 1. The van der Waals surface area contributed by atoms with Gasteiger partial charge in [0.25, 0.3) is 5.69 Å². The number of nitrogens with zero attached hydrogens (tertiary/aromatic N) is 2. The Morgan fingerprint density at radius 2 is 1.47 bits per heavy atom. The molecule has 0 bridgehead atoms. The molecule has 150 valence electrons. The summed E-state index contributed by atoms with van der Waals surface area (Å²) >= 11 is 0. The monoisotopic (exact) mass is 463 g/mol. The molecule has 0 atom stereocenters. The van der Waals surface area contributed by atoms with E-state index >= 15 is 0 Å². The topological polar surface area (TPSA) is 64.1 Å². The zero-order chi connectivity index (χ0) is 20.2. The van der Waals surface area contributed by atoms with E-state index in [-0.39, 0.29) is 35.0 Å². The third-order valence-corrected chi connectivity index (χ3v) is 4.93. The second kappa shape index (κ2) is 9.41. The smallest absolute Gasteiger partial charge is 0.269 e. The molecule has 1 heterocycles. The number of carbonyl (C=O) groups excluding carboxylic acids is 1. The standard InChI is InChI=1S/C24H19N2O3.BrH/c27-24(23-7-3-5-20-4-1-2-6-22(20)23)17-25-14-12-19(13-15-25)16-18-8-10-21(11-9-18)26(28)29;/h1-15H,16-17H2;1H/q+1;. The van der Waals surface area contributed by atoms with Gasteiger partial charge >= 0.3 is 0 Å². The van der Waals surface area contributed by atoms with Crippen molar-refractivity contribution in [1.29, 1.82) is 0 Å². The van der Waals surface area contributed by atoms with Gasteiger partial charge in [0.1, 0.15) is 0 Å². The van der Waals surface area contributed by atoms with E-state index in [2.05, 4.69) is 0 Å². The quantitative estimate of drug-likeness (QED) is 0.173. The third-order valence-electron chi connectivity index (χ3n) is 4.93. The van der Waals surface area contributed by atoms with Crippen LogP contribution in [0.3, 0.4) is 0 Å². The number of non-ortho nitro benzene ring substituents is 1. The number of ketones is 1. The average molecular weight is 464 g/mol. The van der Waals surface area contributed by atoms with Crippen molar-refractivity contribution in [2.75, 3.05) is 0 Å². The van der Waals surface area contributed by atoms with E-state index in [1.807, 2.05) is 71.6 Å². The number of nitro benzene ring substituents is 1. The van der Waals surface area contributed by atoms with Gasteiger partial charge in [-0.1, -0.05) is 54.6 Å². The number of halogens is 1. The Bertz CT molecular complexity index is 1180. The number of Topliss-reactive ketones (excluding diaryl/α,β-unsaturated/α-hetero) is 1. The van der Waals surface area contributed by atoms with E-state index in [1.165, 1.54) is 12.1 Å². The number of carbonyl (C=O) groups is 1. The molecule has 6 heteroatoms. The van der Waals surface area contributed by atoms with Crippen molar-refractivity contribution in [2.45, 2.75) is 13.0 Å². The van der Waals surface area contributed by atoms with Crippen molar-refractivity contribution in [3.8, 4) is 0 Å². The third kappa shape index (κ3) is 4.78. The van der Waals surface area contributed by atoms with Gasteiger partial charge in [-0.15, -0.1) is 17.0 Å². The molecule has 0 radical (unpaired) electrons. The SMILES string of the molecule is Br.O=C(C[n+]1ccc(Cc2ccc([N+](=O)[O-])cc2)cc1)c1cccc2ccccc12. The number of pyridine rings is 1. The van der Waals surface area contributed by atoms with Crippen LogP contribution >= 0.6 is 17.0 Å². The van der Waals surface area contributed by atoms with E-state index in [1.54, 1.807) is 12.1 Å². The fourth-order valence-corrected chi connectivity index (χ4v) is 3.40. The summed E-state index contributed by atoms with van der Waals surface area (Å²) < 4.78 is 1.86. The van der Waals surface area contributed by atoms with Gasteiger partial charge in [-0.25, -0.2) is 0 Å². The highest BCUT2D eigenvalue weighted by Gasteiger charge is 2.15. The minimum atomic E-state index is -0.401. The Kier molecular flexibility index (Phi) is 6.69. The van der Waals surface area contributed by atoms with Crippen molar-refractivity contribution >= 4 is 39.2 Å². The molecule has 0 saturated heterocycles. The molecule has 4 aromatic rings. The van der Waals surface area contributed by atoms with Gasteiger partial charge in [0.05, 0.1) is 4.92 Å². The van der Waals surface area contributed by atoms with Crippen LogP contribution in [0.4, 0.5) is 5.69 Å². The summed E-state index contributed by atoms with van der Waals surface area (Å²) in [5, 5.41) is 12.8. The summed E-state index contributed by atoms with van der Waals surface area (Å²) in [7, 11) is 0. The number of rotatable bonds is 6. The molecule has 0 N–H and O–H groups in total. The fourth-order valence-electron chi connectivity index (χ4n) is 3.40. The van der Waals surface area contributed by atoms with Crippen LogP contribution in [0, 0.1) is 10.1 Å². The number of benzene rings is 3. The molecule has 0 aliphatic rings. The first-order valence-electron chi connectivity index (χ1n) is 9.32. The molecule has 5 nitrogen and oxygen atoms in total. The molecule has 3 aromatic carbocycles. The van der Waals surface area contributed by atoms with Crippen LogP contribution in [0.25, 0.3) is 10.8 Å². The lowest BCUT2D eigenvalue weighted by Crippen LogP contribution is -2.37. The van der Waals surface area contributed by atoms with Crippen LogP contribution in [-0.4, -0.2) is 10.7 Å². The second-order valence-electron chi connectivity index (χ2n) is 6.93. The molecule has 0 fully saturated rings. The first kappa shape index (κ1) is 21.3. The molecule has 4 rings (SSSR count). The van der Waals surface area contributed by atoms with Crippen LogP contribution in [-0.2, 0) is 13.0 Å². The normalized spacial score (nSPS) is 10.4. The Labute approximate surface area is 184 Å². The Balaban J connectivity index is 0.00000256. The number of fused-ring (bicyclic) bond motifs is 1. The van der Waals surface area contributed by atoms with Gasteiger partial charge in [-0.3, -0.25) is 14.9 Å². The minimum Gasteiger partial charge on any atom is -0.287 e. The highest BCUT2D eigenvalue weighted by molar-refractivity contribution is 8.93. The van der Waals surface area contributed by atoms with Crippen molar-refractivity contribution in [3.05, 3.63) is 118 Å². The molecular weight excluding hydrogens is 444 g/mol. The summed E-state index contributed by atoms with van der Waals surface area (Å²) in [5.74, 6) is 0.0647. The van der Waals surface area contributed by atoms with Gasteiger partial charge in [0.15, 0.2) is 12.4 Å². The van der Waals surface area contributed by atoms with Crippen molar-refractivity contribution < 1.29 is 14.3 Å². The Morgan fingerprint density at radius 3 is 2.17 bits per heavy atom. The summed E-state index contributed by atoms with van der Waals surface area (Å²) in [5.41, 5.74) is 2.89. The van der Waals surface area contributed by atoms with Crippen LogP contribution in [0.1, 0.15) is 21.5 Å². The highest BCUT2D eigenvalue weighted by atomic mass is 79.9. The molecule has 0 saturated carbocycles.